The van der Waals surface area contributed by atoms with E-state index in [0.717, 1.165) is 6.42 Å². The summed E-state index contributed by atoms with van der Waals surface area (Å²) < 4.78 is 0. The van der Waals surface area contributed by atoms with Crippen LogP contribution < -0.4 is 0 Å². The minimum absolute atomic E-state index is 1.15. The van der Waals surface area contributed by atoms with Gasteiger partial charge in [-0.2, -0.15) is 0 Å². The summed E-state index contributed by atoms with van der Waals surface area (Å²) >= 11 is 0. The number of aromatic nitrogens is 1. The lowest BCUT2D eigenvalue weighted by Gasteiger charge is -1.90. The highest BCUT2D eigenvalue weighted by atomic mass is 14.7. The molecule has 72 valence electrons. The minimum Gasteiger partial charge on any atom is -0.361 e. The van der Waals surface area contributed by atoms with Crippen LogP contribution in [0.2, 0.25) is 0 Å². The summed E-state index contributed by atoms with van der Waals surface area (Å²) in [5, 5.41) is 1.31. The van der Waals surface area contributed by atoms with Gasteiger partial charge in [0.25, 0.3) is 0 Å². The summed E-state index contributed by atoms with van der Waals surface area (Å²) in [6.07, 6.45) is 8.85. The van der Waals surface area contributed by atoms with Crippen LogP contribution in [-0.4, -0.2) is 4.98 Å². The molecule has 0 amide bonds. The van der Waals surface area contributed by atoms with Crippen LogP contribution in [0, 0.1) is 0 Å². The number of nitrogens with one attached hydrogen (secondary N) is 1. The fourth-order valence-electron chi connectivity index (χ4n) is 1.61. The first-order chi connectivity index (χ1) is 6.92. The molecule has 0 aliphatic rings. The fraction of sp³-hybridized carbons (Fsp3) is 0.231. The summed E-state index contributed by atoms with van der Waals surface area (Å²) in [4.78, 5) is 3.26. The van der Waals surface area contributed by atoms with Crippen molar-refractivity contribution in [2.45, 2.75) is 19.8 Å². The molecule has 2 aromatic rings. The quantitative estimate of drug-likeness (QED) is 0.744. The number of hydrogen-bond donors (Lipinski definition) is 1. The maximum atomic E-state index is 3.26. The van der Waals surface area contributed by atoms with E-state index >= 15 is 0 Å². The van der Waals surface area contributed by atoms with Crippen molar-refractivity contribution in [2.24, 2.45) is 0 Å². The van der Waals surface area contributed by atoms with Crippen molar-refractivity contribution in [2.75, 3.05) is 0 Å². The van der Waals surface area contributed by atoms with E-state index in [1.165, 1.54) is 22.9 Å². The summed E-state index contributed by atoms with van der Waals surface area (Å²) in [6, 6.07) is 8.38. The number of unbranched alkanes of at least 4 members (excludes halogenated alkanes) is 1. The molecule has 0 unspecified atom stereocenters. The molecule has 1 aromatic carbocycles. The summed E-state index contributed by atoms with van der Waals surface area (Å²) in [6.45, 7) is 2.19. The van der Waals surface area contributed by atoms with Crippen LogP contribution in [0.25, 0.3) is 17.0 Å². The maximum absolute atomic E-state index is 3.26. The zero-order valence-electron chi connectivity index (χ0n) is 8.46. The molecule has 0 bridgehead atoms. The third-order valence-electron chi connectivity index (χ3n) is 2.37. The first-order valence-corrected chi connectivity index (χ1v) is 5.14. The van der Waals surface area contributed by atoms with Gasteiger partial charge in [-0.3, -0.25) is 0 Å². The monoisotopic (exact) mass is 185 g/mol. The van der Waals surface area contributed by atoms with Crippen molar-refractivity contribution in [1.29, 1.82) is 0 Å². The number of benzene rings is 1. The average molecular weight is 185 g/mol. The van der Waals surface area contributed by atoms with Crippen LogP contribution in [0.5, 0.6) is 0 Å². The van der Waals surface area contributed by atoms with Crippen molar-refractivity contribution >= 4 is 17.0 Å². The summed E-state index contributed by atoms with van der Waals surface area (Å²) in [7, 11) is 0. The number of allylic oxidation sites excluding steroid dienone is 1. The standard InChI is InChI=1S/C13H15N/c1-2-3-4-7-11-10-14-13-9-6-5-8-12(11)13/h4-10,14H,2-3H2,1H3. The Hall–Kier alpha value is -1.50. The molecule has 0 aliphatic carbocycles. The molecule has 1 nitrogen and oxygen atoms in total. The second-order valence-corrected chi connectivity index (χ2v) is 3.48. The number of hydrogen-bond acceptors (Lipinski definition) is 0. The number of rotatable bonds is 3. The molecule has 1 N–H and O–H groups in total. The van der Waals surface area contributed by atoms with Crippen LogP contribution in [-0.2, 0) is 0 Å². The molecular formula is C13H15N. The first kappa shape index (κ1) is 9.07. The lowest BCUT2D eigenvalue weighted by Crippen LogP contribution is -1.68. The zero-order chi connectivity index (χ0) is 9.80. The summed E-state index contributed by atoms with van der Waals surface area (Å²) in [5.74, 6) is 0. The van der Waals surface area contributed by atoms with E-state index in [-0.39, 0.29) is 0 Å². The van der Waals surface area contributed by atoms with Gasteiger partial charge in [0.2, 0.25) is 0 Å². The van der Waals surface area contributed by atoms with Gasteiger partial charge in [-0.25, -0.2) is 0 Å². The van der Waals surface area contributed by atoms with Crippen molar-refractivity contribution in [3.63, 3.8) is 0 Å². The average Bonchev–Trinajstić information content (AvgIpc) is 2.63. The molecule has 0 radical (unpaired) electrons. The van der Waals surface area contributed by atoms with E-state index in [4.69, 9.17) is 0 Å². The third kappa shape index (κ3) is 1.72. The van der Waals surface area contributed by atoms with Gasteiger partial charge in [-0.05, 0) is 18.1 Å². The van der Waals surface area contributed by atoms with Gasteiger partial charge in [0, 0.05) is 17.1 Å². The molecule has 0 aliphatic heterocycles. The summed E-state index contributed by atoms with van der Waals surface area (Å²) in [5.41, 5.74) is 2.50. The molecule has 0 fully saturated rings. The Morgan fingerprint density at radius 2 is 2.14 bits per heavy atom. The smallest absolute Gasteiger partial charge is 0.0460 e. The third-order valence-corrected chi connectivity index (χ3v) is 2.37. The zero-order valence-corrected chi connectivity index (χ0v) is 8.46. The van der Waals surface area contributed by atoms with E-state index in [2.05, 4.69) is 54.5 Å². The van der Waals surface area contributed by atoms with Crippen LogP contribution in [0.15, 0.2) is 36.5 Å². The van der Waals surface area contributed by atoms with Gasteiger partial charge in [0.05, 0.1) is 0 Å². The molecule has 14 heavy (non-hydrogen) atoms. The number of aromatic amines is 1. The number of fused-ring (bicyclic) bond motifs is 1. The second kappa shape index (κ2) is 4.14. The molecular weight excluding hydrogens is 170 g/mol. The van der Waals surface area contributed by atoms with Crippen LogP contribution in [0.1, 0.15) is 25.3 Å². The molecule has 2 rings (SSSR count). The van der Waals surface area contributed by atoms with Crippen molar-refractivity contribution in [3.05, 3.63) is 42.1 Å². The fourth-order valence-corrected chi connectivity index (χ4v) is 1.61. The lowest BCUT2D eigenvalue weighted by atomic mass is 10.1. The van der Waals surface area contributed by atoms with Crippen LogP contribution in [0.4, 0.5) is 0 Å². The Kier molecular flexibility index (Phi) is 2.68. The van der Waals surface area contributed by atoms with E-state index < -0.39 is 0 Å². The molecule has 0 saturated heterocycles. The Morgan fingerprint density at radius 1 is 1.29 bits per heavy atom. The highest BCUT2D eigenvalue weighted by Crippen LogP contribution is 2.18. The van der Waals surface area contributed by atoms with Gasteiger partial charge in [-0.15, -0.1) is 0 Å². The topological polar surface area (TPSA) is 15.8 Å². The molecule has 0 spiro atoms. The second-order valence-electron chi connectivity index (χ2n) is 3.48. The highest BCUT2D eigenvalue weighted by Gasteiger charge is 1.97. The minimum atomic E-state index is 1.15. The van der Waals surface area contributed by atoms with Gasteiger partial charge >= 0.3 is 0 Å². The maximum Gasteiger partial charge on any atom is 0.0460 e. The van der Waals surface area contributed by atoms with E-state index in [0.29, 0.717) is 0 Å². The SMILES string of the molecule is CCCC=Cc1c[nH]c2ccccc12. The van der Waals surface area contributed by atoms with Gasteiger partial charge < -0.3 is 4.98 Å². The van der Waals surface area contributed by atoms with Crippen molar-refractivity contribution in [1.82, 2.24) is 4.98 Å². The predicted molar refractivity (Wildman–Crippen MR) is 62.2 cm³/mol. The molecule has 0 saturated carbocycles. The Morgan fingerprint density at radius 3 is 3.00 bits per heavy atom. The Bertz CT molecular complexity index is 437. The predicted octanol–water partition coefficient (Wildman–Crippen LogP) is 3.98. The van der Waals surface area contributed by atoms with Crippen LogP contribution >= 0.6 is 0 Å². The van der Waals surface area contributed by atoms with Gasteiger partial charge in [0.15, 0.2) is 0 Å². The largest absolute Gasteiger partial charge is 0.361 e. The normalized spacial score (nSPS) is 11.5. The number of para-hydroxylation sites is 1. The van der Waals surface area contributed by atoms with Gasteiger partial charge in [0.1, 0.15) is 0 Å². The van der Waals surface area contributed by atoms with Gasteiger partial charge in [-0.1, -0.05) is 43.7 Å². The van der Waals surface area contributed by atoms with E-state index in [1.807, 2.05) is 0 Å². The Balaban J connectivity index is 2.34. The number of H-pyrrole nitrogens is 1. The Labute approximate surface area is 84.5 Å². The lowest BCUT2D eigenvalue weighted by molar-refractivity contribution is 0.962. The van der Waals surface area contributed by atoms with Crippen molar-refractivity contribution < 1.29 is 0 Å². The van der Waals surface area contributed by atoms with E-state index in [1.54, 1.807) is 0 Å². The molecule has 1 heteroatoms. The van der Waals surface area contributed by atoms with Crippen LogP contribution in [0.3, 0.4) is 0 Å². The highest BCUT2D eigenvalue weighted by molar-refractivity contribution is 5.88. The van der Waals surface area contributed by atoms with Crippen molar-refractivity contribution in [3.8, 4) is 0 Å². The molecule has 1 heterocycles. The molecule has 1 aromatic heterocycles. The van der Waals surface area contributed by atoms with E-state index in [9.17, 15) is 0 Å². The molecule has 0 atom stereocenters. The first-order valence-electron chi connectivity index (χ1n) is 5.14.